The monoisotopic (exact) mass is 227 g/mol. The second-order valence-electron chi connectivity index (χ2n) is 4.36. The van der Waals surface area contributed by atoms with E-state index in [2.05, 4.69) is 17.0 Å². The molecular formula is C12H21NO3. The largest absolute Gasteiger partial charge is 0.467 e. The molecule has 0 radical (unpaired) electrons. The van der Waals surface area contributed by atoms with Gasteiger partial charge in [-0.05, 0) is 25.2 Å². The molecule has 0 spiro atoms. The summed E-state index contributed by atoms with van der Waals surface area (Å²) < 4.78 is 4.69. The van der Waals surface area contributed by atoms with Crippen LogP contribution in [0.25, 0.3) is 0 Å². The lowest BCUT2D eigenvalue weighted by atomic mass is 10.1. The van der Waals surface area contributed by atoms with E-state index in [4.69, 9.17) is 0 Å². The summed E-state index contributed by atoms with van der Waals surface area (Å²) in [4.78, 5) is 23.0. The van der Waals surface area contributed by atoms with Crippen molar-refractivity contribution in [3.05, 3.63) is 0 Å². The van der Waals surface area contributed by atoms with Crippen molar-refractivity contribution < 1.29 is 14.3 Å². The number of nitrogens with one attached hydrogen (secondary N) is 1. The first-order valence-corrected chi connectivity index (χ1v) is 6.06. The van der Waals surface area contributed by atoms with Crippen molar-refractivity contribution in [2.45, 2.75) is 51.5 Å². The summed E-state index contributed by atoms with van der Waals surface area (Å²) in [6.45, 7) is 2.10. The Morgan fingerprint density at radius 3 is 2.56 bits per heavy atom. The molecule has 0 aliphatic heterocycles. The fraction of sp³-hybridized carbons (Fsp3) is 0.833. The van der Waals surface area contributed by atoms with Crippen molar-refractivity contribution in [2.24, 2.45) is 5.92 Å². The highest BCUT2D eigenvalue weighted by Gasteiger charge is 2.37. The number of carbonyl (C=O) groups is 2. The third-order valence-corrected chi connectivity index (χ3v) is 2.87. The molecule has 0 bridgehead atoms. The van der Waals surface area contributed by atoms with Crippen LogP contribution in [0, 0.1) is 5.92 Å². The standard InChI is InChI=1S/C12H21NO3/c1-3-4-5-6-10(14)13-11(9-7-8-9)12(15)16-2/h9,11H,3-8H2,1-2H3,(H,13,14). The topological polar surface area (TPSA) is 55.4 Å². The minimum atomic E-state index is -0.417. The van der Waals surface area contributed by atoms with Gasteiger partial charge in [-0.25, -0.2) is 4.79 Å². The Hall–Kier alpha value is -1.06. The summed E-state index contributed by atoms with van der Waals surface area (Å²) in [6.07, 6.45) is 5.56. The summed E-state index contributed by atoms with van der Waals surface area (Å²) in [6, 6.07) is -0.417. The first-order valence-electron chi connectivity index (χ1n) is 6.06. The van der Waals surface area contributed by atoms with Crippen LogP contribution >= 0.6 is 0 Å². The molecule has 4 heteroatoms. The van der Waals surface area contributed by atoms with Crippen LogP contribution in [0.3, 0.4) is 0 Å². The maximum Gasteiger partial charge on any atom is 0.328 e. The van der Waals surface area contributed by atoms with Gasteiger partial charge in [-0.3, -0.25) is 4.79 Å². The van der Waals surface area contributed by atoms with Crippen molar-refractivity contribution in [1.29, 1.82) is 0 Å². The summed E-state index contributed by atoms with van der Waals surface area (Å²) in [5, 5.41) is 2.78. The Morgan fingerprint density at radius 1 is 1.38 bits per heavy atom. The molecule has 1 N–H and O–H groups in total. The number of carbonyl (C=O) groups excluding carboxylic acids is 2. The van der Waals surface area contributed by atoms with Crippen LogP contribution in [0.5, 0.6) is 0 Å². The second-order valence-corrected chi connectivity index (χ2v) is 4.36. The highest BCUT2D eigenvalue weighted by atomic mass is 16.5. The molecule has 1 atom stereocenters. The quantitative estimate of drug-likeness (QED) is 0.531. The van der Waals surface area contributed by atoms with Crippen LogP contribution in [0.2, 0.25) is 0 Å². The minimum Gasteiger partial charge on any atom is -0.467 e. The number of hydrogen-bond donors (Lipinski definition) is 1. The molecule has 1 rings (SSSR count). The number of methoxy groups -OCH3 is 1. The van der Waals surface area contributed by atoms with E-state index in [1.807, 2.05) is 0 Å². The van der Waals surface area contributed by atoms with Crippen LogP contribution < -0.4 is 5.32 Å². The Balaban J connectivity index is 2.30. The fourth-order valence-electron chi connectivity index (χ4n) is 1.71. The second kappa shape index (κ2) is 6.51. The third kappa shape index (κ3) is 4.21. The molecule has 1 aliphatic rings. The molecule has 0 aromatic heterocycles. The number of unbranched alkanes of at least 4 members (excludes halogenated alkanes) is 2. The van der Waals surface area contributed by atoms with Gasteiger partial charge in [0.2, 0.25) is 5.91 Å². The van der Waals surface area contributed by atoms with Gasteiger partial charge in [-0.15, -0.1) is 0 Å². The first kappa shape index (κ1) is 13.0. The van der Waals surface area contributed by atoms with Crippen LogP contribution in [0.1, 0.15) is 45.4 Å². The molecule has 0 saturated heterocycles. The number of rotatable bonds is 7. The zero-order chi connectivity index (χ0) is 12.0. The summed E-state index contributed by atoms with van der Waals surface area (Å²) >= 11 is 0. The highest BCUT2D eigenvalue weighted by Crippen LogP contribution is 2.33. The van der Waals surface area contributed by atoms with E-state index in [9.17, 15) is 9.59 Å². The molecule has 4 nitrogen and oxygen atoms in total. The van der Waals surface area contributed by atoms with Gasteiger partial charge >= 0.3 is 5.97 Å². The lowest BCUT2D eigenvalue weighted by Gasteiger charge is -2.15. The van der Waals surface area contributed by atoms with Gasteiger partial charge in [-0.1, -0.05) is 19.8 Å². The number of esters is 1. The molecule has 92 valence electrons. The SMILES string of the molecule is CCCCCC(=O)NC(C(=O)OC)C1CC1. The highest BCUT2D eigenvalue weighted by molar-refractivity contribution is 5.84. The smallest absolute Gasteiger partial charge is 0.328 e. The maximum atomic E-state index is 11.6. The first-order chi connectivity index (χ1) is 7.69. The van der Waals surface area contributed by atoms with Crippen LogP contribution in [-0.2, 0) is 14.3 Å². The van der Waals surface area contributed by atoms with E-state index >= 15 is 0 Å². The lowest BCUT2D eigenvalue weighted by molar-refractivity contribution is -0.145. The average Bonchev–Trinajstić information content (AvgIpc) is 3.09. The van der Waals surface area contributed by atoms with Gasteiger partial charge in [0.1, 0.15) is 6.04 Å². The van der Waals surface area contributed by atoms with Crippen molar-refractivity contribution in [1.82, 2.24) is 5.32 Å². The van der Waals surface area contributed by atoms with E-state index in [1.54, 1.807) is 0 Å². The van der Waals surface area contributed by atoms with Gasteiger partial charge < -0.3 is 10.1 Å². The van der Waals surface area contributed by atoms with Gasteiger partial charge in [0, 0.05) is 6.42 Å². The molecule has 1 fully saturated rings. The van der Waals surface area contributed by atoms with Crippen LogP contribution in [-0.4, -0.2) is 25.0 Å². The Labute approximate surface area is 96.7 Å². The van der Waals surface area contributed by atoms with E-state index < -0.39 is 6.04 Å². The number of hydrogen-bond acceptors (Lipinski definition) is 3. The average molecular weight is 227 g/mol. The molecule has 1 amide bonds. The number of ether oxygens (including phenoxy) is 1. The summed E-state index contributed by atoms with van der Waals surface area (Å²) in [5.41, 5.74) is 0. The lowest BCUT2D eigenvalue weighted by Crippen LogP contribution is -2.43. The normalized spacial score (nSPS) is 16.6. The molecule has 1 aliphatic carbocycles. The zero-order valence-corrected chi connectivity index (χ0v) is 10.1. The van der Waals surface area contributed by atoms with Gasteiger partial charge in [0.25, 0.3) is 0 Å². The molecule has 0 aromatic rings. The van der Waals surface area contributed by atoms with E-state index in [-0.39, 0.29) is 11.9 Å². The predicted molar refractivity (Wildman–Crippen MR) is 60.8 cm³/mol. The fourth-order valence-corrected chi connectivity index (χ4v) is 1.71. The zero-order valence-electron chi connectivity index (χ0n) is 10.1. The Kier molecular flexibility index (Phi) is 5.29. The van der Waals surface area contributed by atoms with E-state index in [0.717, 1.165) is 32.1 Å². The molecule has 0 aromatic carbocycles. The molecule has 0 heterocycles. The van der Waals surface area contributed by atoms with E-state index in [1.165, 1.54) is 7.11 Å². The van der Waals surface area contributed by atoms with Crippen LogP contribution in [0.4, 0.5) is 0 Å². The Morgan fingerprint density at radius 2 is 2.06 bits per heavy atom. The summed E-state index contributed by atoms with van der Waals surface area (Å²) in [5.74, 6) is -0.0512. The molecular weight excluding hydrogens is 206 g/mol. The van der Waals surface area contributed by atoms with Gasteiger partial charge in [0.05, 0.1) is 7.11 Å². The van der Waals surface area contributed by atoms with Gasteiger partial charge in [-0.2, -0.15) is 0 Å². The molecule has 1 saturated carbocycles. The van der Waals surface area contributed by atoms with Crippen molar-refractivity contribution >= 4 is 11.9 Å². The Bertz CT molecular complexity index is 249. The van der Waals surface area contributed by atoms with Crippen LogP contribution in [0.15, 0.2) is 0 Å². The number of amides is 1. The minimum absolute atomic E-state index is 0.0317. The summed E-state index contributed by atoms with van der Waals surface area (Å²) in [7, 11) is 1.36. The predicted octanol–water partition coefficient (Wildman–Crippen LogP) is 1.63. The van der Waals surface area contributed by atoms with Crippen molar-refractivity contribution in [2.75, 3.05) is 7.11 Å². The molecule has 1 unspecified atom stereocenters. The van der Waals surface area contributed by atoms with Crippen molar-refractivity contribution in [3.63, 3.8) is 0 Å². The third-order valence-electron chi connectivity index (χ3n) is 2.87. The van der Waals surface area contributed by atoms with Gasteiger partial charge in [0.15, 0.2) is 0 Å². The van der Waals surface area contributed by atoms with E-state index in [0.29, 0.717) is 12.3 Å². The maximum absolute atomic E-state index is 11.6. The van der Waals surface area contributed by atoms with Crippen molar-refractivity contribution in [3.8, 4) is 0 Å². The molecule has 16 heavy (non-hydrogen) atoms.